The Morgan fingerprint density at radius 1 is 1.11 bits per heavy atom. The van der Waals surface area contributed by atoms with Crippen molar-refractivity contribution in [3.05, 3.63) is 53.1 Å². The summed E-state index contributed by atoms with van der Waals surface area (Å²) in [6.45, 7) is 2.31. The van der Waals surface area contributed by atoms with Crippen molar-refractivity contribution in [1.29, 1.82) is 0 Å². The zero-order valence-electron chi connectivity index (χ0n) is 16.0. The van der Waals surface area contributed by atoms with Gasteiger partial charge in [-0.3, -0.25) is 8.98 Å². The van der Waals surface area contributed by atoms with Crippen molar-refractivity contribution in [3.8, 4) is 11.5 Å². The van der Waals surface area contributed by atoms with E-state index < -0.39 is 11.1 Å². The van der Waals surface area contributed by atoms with E-state index in [1.54, 1.807) is 25.2 Å². The first kappa shape index (κ1) is 20.9. The van der Waals surface area contributed by atoms with Crippen molar-refractivity contribution in [2.75, 3.05) is 27.9 Å². The number of benzene rings is 2. The molecule has 27 heavy (non-hydrogen) atoms. The number of methoxy groups -OCH3 is 2. The van der Waals surface area contributed by atoms with E-state index in [1.165, 1.54) is 14.2 Å². The Hall–Kier alpha value is -2.38. The Morgan fingerprint density at radius 3 is 2.41 bits per heavy atom. The summed E-state index contributed by atoms with van der Waals surface area (Å²) in [6.07, 6.45) is 1.30. The summed E-state index contributed by atoms with van der Waals surface area (Å²) in [4.78, 5) is 12.7. The van der Waals surface area contributed by atoms with Crippen molar-refractivity contribution in [3.63, 3.8) is 0 Å². The molecule has 1 N–H and O–H groups in total. The van der Waals surface area contributed by atoms with Crippen molar-refractivity contribution in [2.45, 2.75) is 24.7 Å². The van der Waals surface area contributed by atoms with E-state index >= 15 is 0 Å². The van der Waals surface area contributed by atoms with Crippen molar-refractivity contribution in [1.82, 2.24) is 5.32 Å². The van der Waals surface area contributed by atoms with E-state index in [4.69, 9.17) is 13.7 Å². The average molecular weight is 391 g/mol. The molecule has 2 aromatic rings. The molecule has 0 saturated heterocycles. The van der Waals surface area contributed by atoms with Crippen LogP contribution < -0.4 is 14.8 Å². The maximum Gasteiger partial charge on any atom is 0.254 e. The third-order valence-corrected chi connectivity index (χ3v) is 5.06. The van der Waals surface area contributed by atoms with E-state index in [0.29, 0.717) is 41.4 Å². The van der Waals surface area contributed by atoms with Crippen molar-refractivity contribution < 1.29 is 22.7 Å². The fourth-order valence-electron chi connectivity index (χ4n) is 2.60. The number of rotatable bonds is 9. The largest absolute Gasteiger partial charge is 0.493 e. The number of nitrogens with one attached hydrogen (secondary N) is 1. The average Bonchev–Trinajstić information content (AvgIpc) is 2.70. The lowest BCUT2D eigenvalue weighted by molar-refractivity contribution is 0.0959. The fourth-order valence-corrected chi connectivity index (χ4v) is 3.36. The van der Waals surface area contributed by atoms with E-state index in [9.17, 15) is 9.00 Å². The van der Waals surface area contributed by atoms with Gasteiger partial charge in [-0.2, -0.15) is 0 Å². The van der Waals surface area contributed by atoms with Gasteiger partial charge in [-0.1, -0.05) is 17.7 Å². The summed E-state index contributed by atoms with van der Waals surface area (Å²) in [5, 5.41) is 2.60. The van der Waals surface area contributed by atoms with Gasteiger partial charge in [-0.05, 0) is 49.6 Å². The summed E-state index contributed by atoms with van der Waals surface area (Å²) in [6, 6.07) is 11.0. The van der Waals surface area contributed by atoms with Crippen LogP contribution in [0.25, 0.3) is 0 Å². The summed E-state index contributed by atoms with van der Waals surface area (Å²) < 4.78 is 28.2. The van der Waals surface area contributed by atoms with E-state index in [0.717, 1.165) is 11.1 Å². The minimum atomic E-state index is -1.48. The van der Waals surface area contributed by atoms with Gasteiger partial charge in [0, 0.05) is 7.05 Å². The number of amides is 1. The summed E-state index contributed by atoms with van der Waals surface area (Å²) in [5.41, 5.74) is 2.44. The molecule has 0 aliphatic heterocycles. The number of carbonyl (C=O) groups excluding carboxylic acids is 1. The minimum absolute atomic E-state index is 0.247. The molecule has 0 aliphatic carbocycles. The zero-order valence-corrected chi connectivity index (χ0v) is 16.9. The number of ether oxygens (including phenoxy) is 2. The number of hydrogen-bond acceptors (Lipinski definition) is 5. The Bertz CT molecular complexity index is 805. The standard InChI is InChI=1S/C20H25NO5S/c1-14-7-9-16(10-8-14)27(23)26-11-5-6-15-12-17(20(22)21-2)19(25-4)18(13-15)24-3/h7-10,12-13H,5-6,11H2,1-4H3,(H,21,22). The molecular weight excluding hydrogens is 366 g/mol. The Labute approximate surface area is 162 Å². The molecule has 1 amide bonds. The minimum Gasteiger partial charge on any atom is -0.493 e. The van der Waals surface area contributed by atoms with Crippen LogP contribution in [0.4, 0.5) is 0 Å². The van der Waals surface area contributed by atoms with Crippen LogP contribution in [0, 0.1) is 6.92 Å². The van der Waals surface area contributed by atoms with Gasteiger partial charge in [-0.15, -0.1) is 0 Å². The second-order valence-corrected chi connectivity index (χ2v) is 7.11. The third kappa shape index (κ3) is 5.55. The molecule has 2 aromatic carbocycles. The summed E-state index contributed by atoms with van der Waals surface area (Å²) >= 11 is -1.48. The normalized spacial score (nSPS) is 11.7. The molecule has 0 heterocycles. The van der Waals surface area contributed by atoms with Crippen molar-refractivity contribution in [2.24, 2.45) is 0 Å². The van der Waals surface area contributed by atoms with Gasteiger partial charge in [0.1, 0.15) is 0 Å². The van der Waals surface area contributed by atoms with Crippen LogP contribution in [0.3, 0.4) is 0 Å². The number of aryl methyl sites for hydroxylation is 2. The summed E-state index contributed by atoms with van der Waals surface area (Å²) in [7, 11) is 4.59. The van der Waals surface area contributed by atoms with Gasteiger partial charge in [-0.25, -0.2) is 4.21 Å². The molecule has 0 radical (unpaired) electrons. The second kappa shape index (κ2) is 10.1. The molecule has 6 nitrogen and oxygen atoms in total. The Kier molecular flexibility index (Phi) is 7.82. The van der Waals surface area contributed by atoms with Crippen LogP contribution in [0.15, 0.2) is 41.3 Å². The third-order valence-electron chi connectivity index (χ3n) is 4.02. The SMILES string of the molecule is CNC(=O)c1cc(CCCOS(=O)c2ccc(C)cc2)cc(OC)c1OC. The maximum atomic E-state index is 12.1. The zero-order chi connectivity index (χ0) is 19.8. The lowest BCUT2D eigenvalue weighted by Crippen LogP contribution is -2.19. The topological polar surface area (TPSA) is 73.9 Å². The fraction of sp³-hybridized carbons (Fsp3) is 0.350. The molecule has 7 heteroatoms. The number of carbonyl (C=O) groups is 1. The first-order chi connectivity index (χ1) is 13.0. The molecule has 0 saturated carbocycles. The highest BCUT2D eigenvalue weighted by Gasteiger charge is 2.17. The Morgan fingerprint density at radius 2 is 1.81 bits per heavy atom. The van der Waals surface area contributed by atoms with Crippen LogP contribution >= 0.6 is 0 Å². The van der Waals surface area contributed by atoms with Gasteiger partial charge in [0.15, 0.2) is 22.6 Å². The molecule has 2 rings (SSSR count). The molecule has 0 bridgehead atoms. The lowest BCUT2D eigenvalue weighted by atomic mass is 10.0. The molecule has 0 spiro atoms. The predicted molar refractivity (Wildman–Crippen MR) is 105 cm³/mol. The smallest absolute Gasteiger partial charge is 0.254 e. The number of hydrogen-bond donors (Lipinski definition) is 1. The van der Waals surface area contributed by atoms with E-state index in [2.05, 4.69) is 5.32 Å². The van der Waals surface area contributed by atoms with E-state index in [-0.39, 0.29) is 5.91 Å². The molecule has 1 unspecified atom stereocenters. The van der Waals surface area contributed by atoms with Gasteiger partial charge >= 0.3 is 0 Å². The predicted octanol–water partition coefficient (Wildman–Crippen LogP) is 3.04. The summed E-state index contributed by atoms with van der Waals surface area (Å²) in [5.74, 6) is 0.652. The quantitative estimate of drug-likeness (QED) is 0.665. The first-order valence-corrected chi connectivity index (χ1v) is 9.66. The molecular formula is C20H25NO5S. The molecule has 146 valence electrons. The van der Waals surface area contributed by atoms with Crippen LogP contribution in [0.2, 0.25) is 0 Å². The second-order valence-electron chi connectivity index (χ2n) is 5.93. The highest BCUT2D eigenvalue weighted by molar-refractivity contribution is 7.80. The van der Waals surface area contributed by atoms with Crippen LogP contribution in [-0.4, -0.2) is 38.0 Å². The first-order valence-electron chi connectivity index (χ1n) is 8.58. The molecule has 1 atom stereocenters. The molecule has 0 aromatic heterocycles. The lowest BCUT2D eigenvalue weighted by Gasteiger charge is -2.14. The van der Waals surface area contributed by atoms with Gasteiger partial charge in [0.05, 0.1) is 31.3 Å². The maximum absolute atomic E-state index is 12.1. The highest BCUT2D eigenvalue weighted by atomic mass is 32.2. The van der Waals surface area contributed by atoms with Gasteiger partial charge in [0.25, 0.3) is 5.91 Å². The molecule has 0 aliphatic rings. The molecule has 0 fully saturated rings. The Balaban J connectivity index is 1.99. The highest BCUT2D eigenvalue weighted by Crippen LogP contribution is 2.33. The van der Waals surface area contributed by atoms with Crippen LogP contribution in [0.1, 0.15) is 27.9 Å². The van der Waals surface area contributed by atoms with Crippen LogP contribution in [-0.2, 0) is 21.7 Å². The van der Waals surface area contributed by atoms with Crippen molar-refractivity contribution >= 4 is 17.0 Å². The van der Waals surface area contributed by atoms with Gasteiger partial charge < -0.3 is 14.8 Å². The monoisotopic (exact) mass is 391 g/mol. The van der Waals surface area contributed by atoms with Crippen LogP contribution in [0.5, 0.6) is 11.5 Å². The van der Waals surface area contributed by atoms with E-state index in [1.807, 2.05) is 25.1 Å². The van der Waals surface area contributed by atoms with Gasteiger partial charge in [0.2, 0.25) is 0 Å².